The molecule has 0 aromatic carbocycles. The van der Waals surface area contributed by atoms with Gasteiger partial charge in [-0.15, -0.1) is 0 Å². The van der Waals surface area contributed by atoms with Crippen molar-refractivity contribution in [3.8, 4) is 0 Å². The summed E-state index contributed by atoms with van der Waals surface area (Å²) in [6, 6.07) is 3.77. The Morgan fingerprint density at radius 1 is 1.45 bits per heavy atom. The molecule has 20 heavy (non-hydrogen) atoms. The van der Waals surface area contributed by atoms with Crippen LogP contribution in [0, 0.1) is 5.41 Å². The van der Waals surface area contributed by atoms with E-state index in [-0.39, 0.29) is 11.3 Å². The van der Waals surface area contributed by atoms with E-state index in [1.165, 1.54) is 0 Å². The first-order chi connectivity index (χ1) is 9.57. The van der Waals surface area contributed by atoms with Crippen LogP contribution in [0.25, 0.3) is 0 Å². The fraction of sp³-hybridized carbons (Fsp3) is 0.667. The van der Waals surface area contributed by atoms with Crippen LogP contribution >= 0.6 is 15.9 Å². The Morgan fingerprint density at radius 2 is 2.15 bits per heavy atom. The number of carbonyl (C=O) groups excluding carboxylic acids is 1. The minimum absolute atomic E-state index is 0.182. The number of piperidine rings is 1. The van der Waals surface area contributed by atoms with Crippen molar-refractivity contribution in [3.63, 3.8) is 0 Å². The van der Waals surface area contributed by atoms with Crippen molar-refractivity contribution in [2.75, 3.05) is 20.1 Å². The van der Waals surface area contributed by atoms with Crippen LogP contribution in [0.4, 0.5) is 0 Å². The molecule has 0 radical (unpaired) electrons. The zero-order valence-corrected chi connectivity index (χ0v) is 13.8. The number of nitrogens with zero attached hydrogens (tertiary/aromatic N) is 1. The van der Waals surface area contributed by atoms with Gasteiger partial charge < -0.3 is 14.6 Å². The molecule has 0 aliphatic carbocycles. The lowest BCUT2D eigenvalue weighted by Crippen LogP contribution is -2.47. The summed E-state index contributed by atoms with van der Waals surface area (Å²) in [5.74, 6) is 1.07. The largest absolute Gasteiger partial charge is 0.452 e. The molecule has 0 spiro atoms. The van der Waals surface area contributed by atoms with E-state index in [9.17, 15) is 4.79 Å². The zero-order valence-electron chi connectivity index (χ0n) is 12.2. The molecule has 1 aliphatic rings. The van der Waals surface area contributed by atoms with Crippen molar-refractivity contribution in [2.24, 2.45) is 5.41 Å². The van der Waals surface area contributed by atoms with Gasteiger partial charge in [0.2, 0.25) is 5.91 Å². The van der Waals surface area contributed by atoms with Crippen LogP contribution in [0.2, 0.25) is 0 Å². The molecule has 2 heterocycles. The maximum atomic E-state index is 12.9. The van der Waals surface area contributed by atoms with Crippen LogP contribution < -0.4 is 5.32 Å². The summed E-state index contributed by atoms with van der Waals surface area (Å²) < 4.78 is 6.20. The Balaban J connectivity index is 2.06. The fourth-order valence-corrected chi connectivity index (χ4v) is 3.44. The predicted molar refractivity (Wildman–Crippen MR) is 82.3 cm³/mol. The predicted octanol–water partition coefficient (Wildman–Crippen LogP) is 3.17. The van der Waals surface area contributed by atoms with E-state index in [0.717, 1.165) is 44.5 Å². The summed E-state index contributed by atoms with van der Waals surface area (Å²) >= 11 is 3.29. The number of furan rings is 1. The minimum atomic E-state index is -0.182. The Hall–Kier alpha value is -0.810. The van der Waals surface area contributed by atoms with Gasteiger partial charge in [-0.3, -0.25) is 4.79 Å². The maximum Gasteiger partial charge on any atom is 0.229 e. The summed E-state index contributed by atoms with van der Waals surface area (Å²) in [5.41, 5.74) is -0.182. The van der Waals surface area contributed by atoms with Crippen molar-refractivity contribution in [3.05, 3.63) is 22.6 Å². The van der Waals surface area contributed by atoms with Crippen LogP contribution in [0.3, 0.4) is 0 Å². The highest BCUT2D eigenvalue weighted by Gasteiger charge is 2.40. The van der Waals surface area contributed by atoms with Crippen LogP contribution in [0.15, 0.2) is 21.2 Å². The van der Waals surface area contributed by atoms with Gasteiger partial charge in [0.25, 0.3) is 0 Å². The molecular formula is C15H23BrN2O2. The Bertz CT molecular complexity index is 447. The number of rotatable bonds is 5. The van der Waals surface area contributed by atoms with Gasteiger partial charge in [0.1, 0.15) is 5.76 Å². The normalized spacial score (nSPS) is 17.9. The Labute approximate surface area is 129 Å². The summed E-state index contributed by atoms with van der Waals surface area (Å²) in [5, 5.41) is 3.35. The average Bonchev–Trinajstić information content (AvgIpc) is 2.84. The van der Waals surface area contributed by atoms with Crippen LogP contribution in [0.1, 0.15) is 38.4 Å². The molecule has 2 rings (SSSR count). The van der Waals surface area contributed by atoms with Crippen LogP contribution in [-0.4, -0.2) is 30.9 Å². The molecule has 1 saturated heterocycles. The monoisotopic (exact) mass is 342 g/mol. The number of halogens is 1. The second kappa shape index (κ2) is 6.76. The van der Waals surface area contributed by atoms with Gasteiger partial charge in [-0.1, -0.05) is 13.3 Å². The van der Waals surface area contributed by atoms with Gasteiger partial charge in [-0.25, -0.2) is 0 Å². The van der Waals surface area contributed by atoms with Gasteiger partial charge in [0.05, 0.1) is 12.0 Å². The molecule has 1 N–H and O–H groups in total. The summed E-state index contributed by atoms with van der Waals surface area (Å²) in [6.45, 7) is 4.56. The van der Waals surface area contributed by atoms with E-state index in [1.807, 2.05) is 24.1 Å². The topological polar surface area (TPSA) is 45.5 Å². The second-order valence-electron chi connectivity index (χ2n) is 5.65. The van der Waals surface area contributed by atoms with Crippen molar-refractivity contribution in [1.29, 1.82) is 0 Å². The smallest absolute Gasteiger partial charge is 0.229 e. The third kappa shape index (κ3) is 3.44. The molecule has 4 nitrogen and oxygen atoms in total. The standard InChI is InChI=1S/C15H23BrN2O2/c1-3-6-15(7-9-17-10-8-15)14(19)18(2)11-12-4-5-13(16)20-12/h4-5,17H,3,6-11H2,1-2H3. The molecule has 1 aliphatic heterocycles. The third-order valence-electron chi connectivity index (χ3n) is 4.11. The molecule has 5 heteroatoms. The number of hydrogen-bond donors (Lipinski definition) is 1. The second-order valence-corrected chi connectivity index (χ2v) is 6.43. The van der Waals surface area contributed by atoms with E-state index in [0.29, 0.717) is 11.2 Å². The molecule has 112 valence electrons. The molecule has 0 atom stereocenters. The minimum Gasteiger partial charge on any atom is -0.452 e. The first-order valence-corrected chi connectivity index (χ1v) is 8.07. The fourth-order valence-electron chi connectivity index (χ4n) is 3.10. The van der Waals surface area contributed by atoms with Crippen molar-refractivity contribution in [2.45, 2.75) is 39.2 Å². The van der Waals surface area contributed by atoms with E-state index in [4.69, 9.17) is 4.42 Å². The molecule has 1 amide bonds. The lowest BCUT2D eigenvalue weighted by atomic mass is 9.74. The van der Waals surface area contributed by atoms with E-state index >= 15 is 0 Å². The SMILES string of the molecule is CCCC1(C(=O)N(C)Cc2ccc(Br)o2)CCNCC1. The summed E-state index contributed by atoms with van der Waals surface area (Å²) in [7, 11) is 1.87. The van der Waals surface area contributed by atoms with Gasteiger partial charge >= 0.3 is 0 Å². The highest BCUT2D eigenvalue weighted by Crippen LogP contribution is 2.36. The lowest BCUT2D eigenvalue weighted by molar-refractivity contribution is -0.143. The average molecular weight is 343 g/mol. The third-order valence-corrected chi connectivity index (χ3v) is 4.54. The maximum absolute atomic E-state index is 12.9. The van der Waals surface area contributed by atoms with E-state index in [2.05, 4.69) is 28.2 Å². The molecular weight excluding hydrogens is 320 g/mol. The molecule has 1 aromatic rings. The molecule has 1 fully saturated rings. The van der Waals surface area contributed by atoms with Crippen LogP contribution in [0.5, 0.6) is 0 Å². The number of hydrogen-bond acceptors (Lipinski definition) is 3. The van der Waals surface area contributed by atoms with Gasteiger partial charge in [0.15, 0.2) is 4.67 Å². The van der Waals surface area contributed by atoms with E-state index < -0.39 is 0 Å². The number of carbonyl (C=O) groups is 1. The van der Waals surface area contributed by atoms with Gasteiger partial charge in [0, 0.05) is 7.05 Å². The molecule has 0 bridgehead atoms. The van der Waals surface area contributed by atoms with Gasteiger partial charge in [-0.2, -0.15) is 0 Å². The Morgan fingerprint density at radius 3 is 2.70 bits per heavy atom. The molecule has 1 aromatic heterocycles. The first-order valence-electron chi connectivity index (χ1n) is 7.28. The quantitative estimate of drug-likeness (QED) is 0.893. The first kappa shape index (κ1) is 15.6. The number of nitrogens with one attached hydrogen (secondary N) is 1. The van der Waals surface area contributed by atoms with Crippen LogP contribution in [-0.2, 0) is 11.3 Å². The van der Waals surface area contributed by atoms with Gasteiger partial charge in [-0.05, 0) is 60.4 Å². The van der Waals surface area contributed by atoms with Crippen molar-refractivity contribution < 1.29 is 9.21 Å². The molecule has 0 saturated carbocycles. The molecule has 0 unspecified atom stereocenters. The summed E-state index contributed by atoms with van der Waals surface area (Å²) in [6.07, 6.45) is 3.89. The summed E-state index contributed by atoms with van der Waals surface area (Å²) in [4.78, 5) is 14.7. The highest BCUT2D eigenvalue weighted by molar-refractivity contribution is 9.10. The lowest BCUT2D eigenvalue weighted by Gasteiger charge is -2.38. The highest BCUT2D eigenvalue weighted by atomic mass is 79.9. The van der Waals surface area contributed by atoms with Crippen molar-refractivity contribution >= 4 is 21.8 Å². The zero-order chi connectivity index (χ0) is 14.6. The van der Waals surface area contributed by atoms with Crippen molar-refractivity contribution in [1.82, 2.24) is 10.2 Å². The van der Waals surface area contributed by atoms with E-state index in [1.54, 1.807) is 0 Å². The number of amides is 1. The Kier molecular flexibility index (Phi) is 5.27.